The van der Waals surface area contributed by atoms with E-state index >= 15 is 0 Å². The molecule has 4 atom stereocenters. The molecule has 8 aromatic heterocycles. The molecule has 9 N–H and O–H groups in total. The Labute approximate surface area is 694 Å². The molecule has 0 radical (unpaired) electrons. The minimum Gasteiger partial charge on any atom is -0.386 e. The van der Waals surface area contributed by atoms with Crippen molar-refractivity contribution in [2.24, 2.45) is 39.8 Å². The Morgan fingerprint density at radius 1 is 0.443 bits per heavy atom. The van der Waals surface area contributed by atoms with E-state index in [1.807, 2.05) is 74.5 Å². The van der Waals surface area contributed by atoms with Gasteiger partial charge in [-0.05, 0) is 107 Å². The lowest BCUT2D eigenvalue weighted by molar-refractivity contribution is 0.0940. The topological polar surface area (TPSA) is 562 Å². The van der Waals surface area contributed by atoms with E-state index < -0.39 is 99.7 Å². The molecule has 4 aromatic carbocycles. The fraction of sp³-hybridized carbons (Fsp3) is 0.368. The number of aryl methyl sites for hydroxylation is 3. The summed E-state index contributed by atoms with van der Waals surface area (Å²) in [6, 6.07) is 29.1. The standard InChI is InChI=1S/C21H25N7O4.C19H22FN7O4.C18H20ClN7O4.C18H21N7O4/c1-13-3-7-15(8-4-13)17(29)11-28-24-18(23-25-28)12-27-10-16(20(31)26(2)21(27)32)19(30)22-9-14-5-6-14;1-12-3-5-13(6-4-12)15(28)10-27-23-16(22-24-27)11-26-9-14(17(29)21-8-7-20)18(30)25(2)19(26)31;1-3-20-16(28)13-8-25(18(30)24(2)17(13)29)10-15-21-23-26(22-15)9-14(27)11-4-6-12(19)7-5-11;1-3-11-4-6-12(7-5-11)14(26)9-25-21-15(20-22-25)10-24-8-13(16(19)27)17(28)23(2)18(24)29/h3-4,7-8,10,14,17,29H,5-6,9,11-12H2,1-2H3,(H,22,30);3-6,9,15,28H,7-8,10-11H2,1-2H3,(H,21,29);4-8,14,27H,3,9-10H2,1-2H3,(H,20,28);4-8,14,26H,3,9-10H2,1-2H3,(H2,19,27)/t17-;15-;2*14-/m0000/s1. The summed E-state index contributed by atoms with van der Waals surface area (Å²) in [7, 11) is 5.09. The Hall–Kier alpha value is -14.2. The molecule has 4 amide bonds. The lowest BCUT2D eigenvalue weighted by Crippen LogP contribution is -2.43. The second-order valence-corrected chi connectivity index (χ2v) is 28.6. The maximum absolute atomic E-state index is 12.5. The Morgan fingerprint density at radius 3 is 1.02 bits per heavy atom. The number of nitrogens with zero attached hydrogens (tertiary/aromatic N) is 24. The number of benzene rings is 4. The van der Waals surface area contributed by atoms with Crippen LogP contribution in [-0.2, 0) is 87.0 Å². The van der Waals surface area contributed by atoms with E-state index in [2.05, 4.69) is 84.5 Å². The minimum atomic E-state index is -0.937. The highest BCUT2D eigenvalue weighted by atomic mass is 35.5. The van der Waals surface area contributed by atoms with Crippen LogP contribution in [0.2, 0.25) is 5.02 Å². The molecule has 0 spiro atoms. The van der Waals surface area contributed by atoms with E-state index in [9.17, 15) is 82.4 Å². The summed E-state index contributed by atoms with van der Waals surface area (Å²) < 4.78 is 20.1. The largest absolute Gasteiger partial charge is 0.386 e. The Bertz CT molecular complexity index is 6240. The normalized spacial score (nSPS) is 12.6. The van der Waals surface area contributed by atoms with Crippen LogP contribution in [0.15, 0.2) is 160 Å². The number of rotatable bonds is 30. The van der Waals surface area contributed by atoms with Crippen molar-refractivity contribution in [1.82, 2.24) is 133 Å². The number of hydrogen-bond donors (Lipinski definition) is 8. The van der Waals surface area contributed by atoms with Crippen LogP contribution in [0.4, 0.5) is 4.39 Å². The van der Waals surface area contributed by atoms with Crippen molar-refractivity contribution < 1.29 is 44.0 Å². The Morgan fingerprint density at radius 2 is 0.730 bits per heavy atom. The number of tetrazole rings is 4. The van der Waals surface area contributed by atoms with Gasteiger partial charge in [0.25, 0.3) is 45.9 Å². The minimum absolute atomic E-state index is 0.0426. The number of aliphatic hydroxyl groups is 4. The summed E-state index contributed by atoms with van der Waals surface area (Å²) in [4.78, 5) is 151. The van der Waals surface area contributed by atoms with Crippen LogP contribution in [0.25, 0.3) is 0 Å². The third-order valence-corrected chi connectivity index (χ3v) is 19.1. The smallest absolute Gasteiger partial charge is 0.331 e. The van der Waals surface area contributed by atoms with Gasteiger partial charge in [-0.15, -0.1) is 40.8 Å². The van der Waals surface area contributed by atoms with E-state index in [0.29, 0.717) is 35.2 Å². The van der Waals surface area contributed by atoms with E-state index in [-0.39, 0.29) is 104 Å². The Balaban J connectivity index is 0.000000171. The first-order valence-electron chi connectivity index (χ1n) is 37.9. The van der Waals surface area contributed by atoms with Crippen LogP contribution in [0.1, 0.15) is 155 Å². The average Bonchev–Trinajstić information content (AvgIpc) is 1.09. The van der Waals surface area contributed by atoms with E-state index in [4.69, 9.17) is 17.3 Å². The number of carbonyl (C=O) groups is 4. The molecule has 1 fully saturated rings. The van der Waals surface area contributed by atoms with Gasteiger partial charge in [0.05, 0.1) is 52.4 Å². The van der Waals surface area contributed by atoms with Gasteiger partial charge in [0.15, 0.2) is 23.3 Å². The molecule has 0 saturated heterocycles. The number of nitrogens with two attached hydrogens (primary N) is 1. The molecular weight excluding hydrogens is 1620 g/mol. The number of nitrogens with one attached hydrogen (secondary N) is 3. The highest BCUT2D eigenvalue weighted by Crippen LogP contribution is 2.28. The van der Waals surface area contributed by atoms with Crippen LogP contribution in [-0.4, -0.2) is 188 Å². The molecule has 1 saturated carbocycles. The van der Waals surface area contributed by atoms with Gasteiger partial charge < -0.3 is 42.1 Å². The molecule has 46 heteroatoms. The highest BCUT2D eigenvalue weighted by Gasteiger charge is 2.26. The van der Waals surface area contributed by atoms with Crippen LogP contribution in [0.5, 0.6) is 0 Å². The molecule has 13 rings (SSSR count). The second kappa shape index (κ2) is 41.0. The maximum atomic E-state index is 12.5. The predicted molar refractivity (Wildman–Crippen MR) is 431 cm³/mol. The highest BCUT2D eigenvalue weighted by molar-refractivity contribution is 6.30. The zero-order valence-corrected chi connectivity index (χ0v) is 68.1. The zero-order chi connectivity index (χ0) is 88.3. The fourth-order valence-electron chi connectivity index (χ4n) is 11.7. The van der Waals surface area contributed by atoms with Crippen molar-refractivity contribution in [2.45, 2.75) is 124 Å². The van der Waals surface area contributed by atoms with Gasteiger partial charge in [0, 0.05) is 77.6 Å². The van der Waals surface area contributed by atoms with Gasteiger partial charge in [0.2, 0.25) is 0 Å². The molecule has 122 heavy (non-hydrogen) atoms. The average molecular weight is 1700 g/mol. The van der Waals surface area contributed by atoms with E-state index in [0.717, 1.165) is 85.9 Å². The molecule has 1 aliphatic carbocycles. The SMILES string of the molecule is CCNC(=O)c1cn(Cc2nnn(C[C@H](O)c3ccc(Cl)cc3)n2)c(=O)n(C)c1=O.CCc1ccc([C@@H](O)Cn2nnc(Cn3cc(C(N)=O)c(=O)n(C)c3=O)n2)cc1.Cc1ccc([C@@H](O)Cn2nnc(Cn3cc(C(=O)NCC4CC4)c(=O)n(C)c3=O)n2)cc1.Cc1ccc([C@@H](O)Cn2nnc(Cn3cc(C(=O)NCCF)c(=O)n(C)c3=O)n2)cc1. The Kier molecular flexibility index (Phi) is 30.3. The van der Waals surface area contributed by atoms with Crippen molar-refractivity contribution in [2.75, 3.05) is 26.3 Å². The summed E-state index contributed by atoms with van der Waals surface area (Å²) in [5, 5.41) is 97.3. The summed E-state index contributed by atoms with van der Waals surface area (Å²) in [5.74, 6) is -1.63. The van der Waals surface area contributed by atoms with Crippen LogP contribution < -0.4 is 66.7 Å². The van der Waals surface area contributed by atoms with Gasteiger partial charge in [0.1, 0.15) is 53.3 Å². The number of amides is 4. The number of hydrogen-bond acceptors (Lipinski definition) is 28. The van der Waals surface area contributed by atoms with Gasteiger partial charge >= 0.3 is 22.8 Å². The number of alkyl halides is 1. The fourth-order valence-corrected chi connectivity index (χ4v) is 11.8. The van der Waals surface area contributed by atoms with Crippen molar-refractivity contribution in [3.63, 3.8) is 0 Å². The van der Waals surface area contributed by atoms with Crippen molar-refractivity contribution in [1.29, 1.82) is 0 Å². The molecule has 0 aliphatic heterocycles. The molecule has 0 unspecified atom stereocenters. The maximum Gasteiger partial charge on any atom is 0.331 e. The number of halogens is 2. The lowest BCUT2D eigenvalue weighted by atomic mass is 10.1. The molecule has 44 nitrogen and oxygen atoms in total. The van der Waals surface area contributed by atoms with Crippen LogP contribution in [0.3, 0.4) is 0 Å². The van der Waals surface area contributed by atoms with Crippen molar-refractivity contribution in [3.05, 3.63) is 295 Å². The number of primary amides is 1. The number of aliphatic hydroxyl groups excluding tert-OH is 4. The van der Waals surface area contributed by atoms with Crippen LogP contribution >= 0.6 is 11.6 Å². The molecule has 12 aromatic rings. The molecule has 1 aliphatic rings. The molecule has 0 bridgehead atoms. The monoisotopic (exact) mass is 1700 g/mol. The zero-order valence-electron chi connectivity index (χ0n) is 67.3. The summed E-state index contributed by atoms with van der Waals surface area (Å²) in [6.07, 6.45) is 4.24. The first kappa shape index (κ1) is 90.2. The van der Waals surface area contributed by atoms with Gasteiger partial charge in [-0.1, -0.05) is 115 Å². The number of carbonyl (C=O) groups excluding carboxylic acids is 4. The summed E-state index contributed by atoms with van der Waals surface area (Å²) in [6.45, 7) is 7.31. The second-order valence-electron chi connectivity index (χ2n) is 28.2. The van der Waals surface area contributed by atoms with Gasteiger partial charge in [-0.2, -0.15) is 19.2 Å². The molecule has 8 heterocycles. The van der Waals surface area contributed by atoms with E-state index in [1.54, 1.807) is 43.3 Å². The van der Waals surface area contributed by atoms with E-state index in [1.165, 1.54) is 69.9 Å². The van der Waals surface area contributed by atoms with Crippen LogP contribution in [0, 0.1) is 19.8 Å². The molecular formula is C76H88ClFN28O16. The quantitative estimate of drug-likeness (QED) is 0.0236. The first-order chi connectivity index (χ1) is 58.2. The van der Waals surface area contributed by atoms with Crippen molar-refractivity contribution >= 4 is 35.2 Å². The van der Waals surface area contributed by atoms with Gasteiger partial charge in [-0.3, -0.25) is 74.9 Å². The first-order valence-corrected chi connectivity index (χ1v) is 38.3. The summed E-state index contributed by atoms with van der Waals surface area (Å²) in [5.41, 5.74) is 4.94. The third-order valence-electron chi connectivity index (χ3n) is 18.9. The summed E-state index contributed by atoms with van der Waals surface area (Å²) >= 11 is 5.84. The van der Waals surface area contributed by atoms with Crippen molar-refractivity contribution in [3.8, 4) is 0 Å². The predicted octanol–water partition coefficient (Wildman–Crippen LogP) is -2.22. The number of aromatic nitrogens is 24. The lowest BCUT2D eigenvalue weighted by Gasteiger charge is -2.10. The van der Waals surface area contributed by atoms with Gasteiger partial charge in [-0.25, -0.2) is 23.6 Å². The third kappa shape index (κ3) is 23.4. The molecule has 642 valence electrons.